The van der Waals surface area contributed by atoms with E-state index in [1.807, 2.05) is 59.5 Å². The number of β-lactam (4-membered cyclic amide) rings is 1. The summed E-state index contributed by atoms with van der Waals surface area (Å²) in [5, 5.41) is 0. The van der Waals surface area contributed by atoms with E-state index in [0.717, 1.165) is 24.2 Å². The maximum atomic E-state index is 12.7. The lowest BCUT2D eigenvalue weighted by atomic mass is 9.89. The number of carbonyl (C=O) groups is 1. The number of hydrogen-bond acceptors (Lipinski definition) is 4. The van der Waals surface area contributed by atoms with Crippen LogP contribution >= 0.6 is 0 Å². The van der Waals surface area contributed by atoms with Gasteiger partial charge in [-0.3, -0.25) is 4.79 Å². The van der Waals surface area contributed by atoms with Crippen molar-refractivity contribution < 1.29 is 19.0 Å². The van der Waals surface area contributed by atoms with Crippen molar-refractivity contribution in [3.8, 4) is 11.5 Å². The van der Waals surface area contributed by atoms with Gasteiger partial charge in [0, 0.05) is 25.8 Å². The quantitative estimate of drug-likeness (QED) is 0.511. The van der Waals surface area contributed by atoms with E-state index in [9.17, 15) is 4.79 Å². The molecule has 0 aliphatic carbocycles. The van der Waals surface area contributed by atoms with Crippen LogP contribution in [0.2, 0.25) is 0 Å². The highest BCUT2D eigenvalue weighted by molar-refractivity contribution is 5.89. The van der Waals surface area contributed by atoms with Crippen LogP contribution < -0.4 is 9.47 Å². The minimum absolute atomic E-state index is 0.0159. The number of amides is 1. The van der Waals surface area contributed by atoms with Gasteiger partial charge in [-0.1, -0.05) is 36.4 Å². The summed E-state index contributed by atoms with van der Waals surface area (Å²) in [6.45, 7) is 1.38. The third-order valence-electron chi connectivity index (χ3n) is 4.61. The normalized spacial score (nSPS) is 19.2. The van der Waals surface area contributed by atoms with E-state index in [2.05, 4.69) is 0 Å². The lowest BCUT2D eigenvalue weighted by Gasteiger charge is -2.47. The second-order valence-electron chi connectivity index (χ2n) is 6.27. The van der Waals surface area contributed by atoms with Gasteiger partial charge in [-0.15, -0.1) is 0 Å². The van der Waals surface area contributed by atoms with Crippen LogP contribution in [0, 0.1) is 0 Å². The number of nitrogens with zero attached hydrogens (tertiary/aromatic N) is 1. The number of ether oxygens (including phenoxy) is 3. The fourth-order valence-corrected chi connectivity index (χ4v) is 3.30. The summed E-state index contributed by atoms with van der Waals surface area (Å²) >= 11 is 0. The van der Waals surface area contributed by atoms with Crippen LogP contribution in [-0.4, -0.2) is 44.3 Å². The summed E-state index contributed by atoms with van der Waals surface area (Å²) in [5.41, 5.74) is 0.974. The number of carbonyl (C=O) groups excluding carboxylic acids is 1. The Morgan fingerprint density at radius 3 is 2.42 bits per heavy atom. The first kappa shape index (κ1) is 18.3. The number of unbranched alkanes of at least 4 members (excludes halogenated alkanes) is 1. The molecule has 2 aromatic rings. The van der Waals surface area contributed by atoms with Crippen LogP contribution in [0.25, 0.3) is 0 Å². The van der Waals surface area contributed by atoms with Gasteiger partial charge in [0.25, 0.3) is 5.91 Å². The van der Waals surface area contributed by atoms with Gasteiger partial charge in [0.05, 0.1) is 7.11 Å². The van der Waals surface area contributed by atoms with Gasteiger partial charge in [0.2, 0.25) is 6.10 Å². The number of methoxy groups -OCH3 is 2. The molecule has 1 aliphatic rings. The Morgan fingerprint density at radius 1 is 0.962 bits per heavy atom. The Balaban J connectivity index is 1.80. The standard InChI is InChI=1S/C21H25NO4/c1-24-15-9-8-14-22-19(17-12-6-7-13-18(17)25-2)20(21(22)23)26-16-10-4-3-5-11-16/h3-7,10-13,19-20H,8-9,14-15H2,1-2H3/t19-,20+/m0/s1. The number of likely N-dealkylation sites (tertiary alicyclic amines) is 1. The van der Waals surface area contributed by atoms with Gasteiger partial charge >= 0.3 is 0 Å². The van der Waals surface area contributed by atoms with Crippen molar-refractivity contribution in [2.24, 2.45) is 0 Å². The topological polar surface area (TPSA) is 48.0 Å². The number of benzene rings is 2. The van der Waals surface area contributed by atoms with Crippen molar-refractivity contribution >= 4 is 5.91 Å². The molecule has 3 rings (SSSR count). The van der Waals surface area contributed by atoms with Crippen molar-refractivity contribution in [2.45, 2.75) is 25.0 Å². The van der Waals surface area contributed by atoms with Gasteiger partial charge in [-0.05, 0) is 31.0 Å². The summed E-state index contributed by atoms with van der Waals surface area (Å²) < 4.78 is 16.6. The monoisotopic (exact) mass is 355 g/mol. The molecule has 0 N–H and O–H groups in total. The van der Waals surface area contributed by atoms with Crippen LogP contribution in [0.15, 0.2) is 54.6 Å². The highest BCUT2D eigenvalue weighted by atomic mass is 16.5. The van der Waals surface area contributed by atoms with E-state index < -0.39 is 6.10 Å². The second kappa shape index (κ2) is 8.72. The van der Waals surface area contributed by atoms with Crippen LogP contribution in [0.4, 0.5) is 0 Å². The average molecular weight is 355 g/mol. The van der Waals surface area contributed by atoms with E-state index in [1.54, 1.807) is 14.2 Å². The molecule has 26 heavy (non-hydrogen) atoms. The molecule has 0 radical (unpaired) electrons. The lowest BCUT2D eigenvalue weighted by Crippen LogP contribution is -2.61. The molecule has 1 amide bonds. The minimum atomic E-state index is -0.531. The second-order valence-corrected chi connectivity index (χ2v) is 6.27. The summed E-state index contributed by atoms with van der Waals surface area (Å²) in [5.74, 6) is 1.49. The molecule has 0 bridgehead atoms. The van der Waals surface area contributed by atoms with E-state index >= 15 is 0 Å². The molecule has 138 valence electrons. The number of rotatable bonds is 9. The molecule has 0 unspecified atom stereocenters. The fraction of sp³-hybridized carbons (Fsp3) is 0.381. The molecule has 0 saturated carbocycles. The van der Waals surface area contributed by atoms with Crippen LogP contribution in [0.3, 0.4) is 0 Å². The van der Waals surface area contributed by atoms with Crippen molar-refractivity contribution in [3.63, 3.8) is 0 Å². The zero-order valence-electron chi connectivity index (χ0n) is 15.3. The molecular weight excluding hydrogens is 330 g/mol. The summed E-state index contributed by atoms with van der Waals surface area (Å²) in [7, 11) is 3.34. The Hall–Kier alpha value is -2.53. The van der Waals surface area contributed by atoms with Gasteiger partial charge in [-0.25, -0.2) is 0 Å². The van der Waals surface area contributed by atoms with E-state index in [0.29, 0.717) is 18.9 Å². The SMILES string of the molecule is COCCCCN1C(=O)[C@H](Oc2ccccc2)[C@@H]1c1ccccc1OC. The van der Waals surface area contributed by atoms with Crippen LogP contribution in [-0.2, 0) is 9.53 Å². The van der Waals surface area contributed by atoms with Crippen molar-refractivity contribution in [1.29, 1.82) is 0 Å². The van der Waals surface area contributed by atoms with Crippen molar-refractivity contribution in [2.75, 3.05) is 27.4 Å². The predicted molar refractivity (Wildman–Crippen MR) is 99.4 cm³/mol. The van der Waals surface area contributed by atoms with Crippen LogP contribution in [0.1, 0.15) is 24.4 Å². The Labute approximate surface area is 154 Å². The largest absolute Gasteiger partial charge is 0.496 e. The lowest BCUT2D eigenvalue weighted by molar-refractivity contribution is -0.164. The molecule has 0 aromatic heterocycles. The maximum absolute atomic E-state index is 12.7. The highest BCUT2D eigenvalue weighted by Crippen LogP contribution is 2.41. The molecule has 1 saturated heterocycles. The van der Waals surface area contributed by atoms with E-state index in [4.69, 9.17) is 14.2 Å². The summed E-state index contributed by atoms with van der Waals surface area (Å²) in [6, 6.07) is 17.1. The molecule has 1 fully saturated rings. The highest BCUT2D eigenvalue weighted by Gasteiger charge is 2.50. The Kier molecular flexibility index (Phi) is 6.12. The maximum Gasteiger partial charge on any atom is 0.266 e. The first-order valence-electron chi connectivity index (χ1n) is 8.90. The zero-order chi connectivity index (χ0) is 18.4. The van der Waals surface area contributed by atoms with Gasteiger partial charge < -0.3 is 19.1 Å². The Bertz CT molecular complexity index is 719. The molecule has 1 aliphatic heterocycles. The molecule has 2 atom stereocenters. The number of hydrogen-bond donors (Lipinski definition) is 0. The van der Waals surface area contributed by atoms with Gasteiger partial charge in [-0.2, -0.15) is 0 Å². The molecule has 5 heteroatoms. The van der Waals surface area contributed by atoms with Crippen molar-refractivity contribution in [3.05, 3.63) is 60.2 Å². The molecule has 5 nitrogen and oxygen atoms in total. The fourth-order valence-electron chi connectivity index (χ4n) is 3.30. The van der Waals surface area contributed by atoms with Crippen molar-refractivity contribution in [1.82, 2.24) is 4.90 Å². The van der Waals surface area contributed by atoms with E-state index in [1.165, 1.54) is 0 Å². The molecule has 0 spiro atoms. The smallest absolute Gasteiger partial charge is 0.266 e. The van der Waals surface area contributed by atoms with Gasteiger partial charge in [0.1, 0.15) is 17.5 Å². The first-order valence-corrected chi connectivity index (χ1v) is 8.90. The zero-order valence-corrected chi connectivity index (χ0v) is 15.3. The summed E-state index contributed by atoms with van der Waals surface area (Å²) in [4.78, 5) is 14.6. The molecule has 2 aromatic carbocycles. The van der Waals surface area contributed by atoms with Crippen LogP contribution in [0.5, 0.6) is 11.5 Å². The molecular formula is C21H25NO4. The minimum Gasteiger partial charge on any atom is -0.496 e. The van der Waals surface area contributed by atoms with E-state index in [-0.39, 0.29) is 11.9 Å². The summed E-state index contributed by atoms with van der Waals surface area (Å²) in [6.07, 6.45) is 1.28. The third-order valence-corrected chi connectivity index (χ3v) is 4.61. The van der Waals surface area contributed by atoms with Gasteiger partial charge in [0.15, 0.2) is 0 Å². The molecule has 1 heterocycles. The Morgan fingerprint density at radius 2 is 1.69 bits per heavy atom. The predicted octanol–water partition coefficient (Wildman–Crippen LogP) is 3.45. The number of para-hydroxylation sites is 2. The first-order chi connectivity index (χ1) is 12.8. The third kappa shape index (κ3) is 3.83. The average Bonchev–Trinajstić information content (AvgIpc) is 2.69.